The summed E-state index contributed by atoms with van der Waals surface area (Å²) in [5.74, 6) is -1.70. The Morgan fingerprint density at radius 2 is 1.95 bits per heavy atom. The number of rotatable bonds is 7. The third kappa shape index (κ3) is 5.31. The Labute approximate surface area is 110 Å². The average Bonchev–Trinajstić information content (AvgIpc) is 2.38. The van der Waals surface area contributed by atoms with Crippen molar-refractivity contribution in [3.63, 3.8) is 0 Å². The molecule has 0 heterocycles. The lowest BCUT2D eigenvalue weighted by Crippen LogP contribution is -2.47. The van der Waals surface area contributed by atoms with Crippen molar-refractivity contribution >= 4 is 18.2 Å². The van der Waals surface area contributed by atoms with Gasteiger partial charge in [0.15, 0.2) is 0 Å². The summed E-state index contributed by atoms with van der Waals surface area (Å²) in [6, 6.07) is 7.32. The Bertz CT molecular complexity index is 447. The first-order valence-corrected chi connectivity index (χ1v) is 5.80. The minimum atomic E-state index is -1.16. The van der Waals surface area contributed by atoms with Gasteiger partial charge in [-0.25, -0.2) is 0 Å². The first kappa shape index (κ1) is 14.8. The second-order valence-electron chi connectivity index (χ2n) is 4.15. The van der Waals surface area contributed by atoms with Crippen LogP contribution in [-0.2, 0) is 20.8 Å². The van der Waals surface area contributed by atoms with Crippen LogP contribution in [0.1, 0.15) is 12.0 Å². The van der Waals surface area contributed by atoms with Crippen LogP contribution in [0.15, 0.2) is 30.3 Å². The van der Waals surface area contributed by atoms with Crippen LogP contribution in [0.4, 0.5) is 0 Å². The van der Waals surface area contributed by atoms with E-state index in [1.807, 2.05) is 30.3 Å². The van der Waals surface area contributed by atoms with E-state index in [1.165, 1.54) is 0 Å². The molecule has 0 radical (unpaired) electrons. The van der Waals surface area contributed by atoms with Gasteiger partial charge in [0.05, 0.1) is 18.5 Å². The Kier molecular flexibility index (Phi) is 5.69. The smallest absolute Gasteiger partial charge is 0.305 e. The molecule has 1 aromatic carbocycles. The Balaban J connectivity index is 2.52. The van der Waals surface area contributed by atoms with E-state index in [0.29, 0.717) is 12.7 Å². The number of hydrogen-bond acceptors (Lipinski definition) is 4. The van der Waals surface area contributed by atoms with Crippen molar-refractivity contribution < 1.29 is 19.5 Å². The molecule has 0 bridgehead atoms. The molecule has 1 rings (SSSR count). The maximum atomic E-state index is 11.7. The summed E-state index contributed by atoms with van der Waals surface area (Å²) in [5.41, 5.74) is 6.60. The maximum absolute atomic E-state index is 11.7. The Morgan fingerprint density at radius 1 is 1.32 bits per heavy atom. The van der Waals surface area contributed by atoms with Crippen LogP contribution in [-0.4, -0.2) is 35.4 Å². The van der Waals surface area contributed by atoms with E-state index in [4.69, 9.17) is 10.8 Å². The summed E-state index contributed by atoms with van der Waals surface area (Å²) in [7, 11) is 0. The van der Waals surface area contributed by atoms with Crippen LogP contribution in [0.2, 0.25) is 0 Å². The summed E-state index contributed by atoms with van der Waals surface area (Å²) in [4.78, 5) is 32.8. The van der Waals surface area contributed by atoms with E-state index in [-0.39, 0.29) is 0 Å². The molecule has 1 aromatic rings. The summed E-state index contributed by atoms with van der Waals surface area (Å²) in [6.07, 6.45) is 0.264. The van der Waals surface area contributed by atoms with E-state index in [2.05, 4.69) is 5.32 Å². The highest BCUT2D eigenvalue weighted by Crippen LogP contribution is 2.02. The highest BCUT2D eigenvalue weighted by molar-refractivity contribution is 5.86. The van der Waals surface area contributed by atoms with E-state index < -0.39 is 30.4 Å². The number of aliphatic carboxylic acids is 1. The van der Waals surface area contributed by atoms with Crippen molar-refractivity contribution in [3.8, 4) is 0 Å². The highest BCUT2D eigenvalue weighted by Gasteiger charge is 2.19. The summed E-state index contributed by atoms with van der Waals surface area (Å²) < 4.78 is 0. The van der Waals surface area contributed by atoms with E-state index >= 15 is 0 Å². The molecule has 0 saturated carbocycles. The quantitative estimate of drug-likeness (QED) is 0.586. The molecule has 0 fully saturated rings. The molecule has 0 spiro atoms. The second-order valence-corrected chi connectivity index (χ2v) is 4.15. The highest BCUT2D eigenvalue weighted by atomic mass is 16.4. The zero-order chi connectivity index (χ0) is 14.3. The molecule has 6 heteroatoms. The zero-order valence-corrected chi connectivity index (χ0v) is 10.3. The van der Waals surface area contributed by atoms with Gasteiger partial charge in [-0.2, -0.15) is 0 Å². The second kappa shape index (κ2) is 7.27. The molecule has 0 saturated heterocycles. The number of carbonyl (C=O) groups excluding carboxylic acids is 2. The molecule has 2 atom stereocenters. The van der Waals surface area contributed by atoms with Crippen LogP contribution in [0.5, 0.6) is 0 Å². The lowest BCUT2D eigenvalue weighted by atomic mass is 10.1. The standard InChI is InChI=1S/C13H16N2O4/c14-11(6-9-4-2-1-3-5-9)13(19)15-10(8-16)7-12(17)18/h1-5,8,10-11H,6-7,14H2,(H,15,19)(H,17,18)/t10?,11-/m0/s1. The summed E-state index contributed by atoms with van der Waals surface area (Å²) >= 11 is 0. The lowest BCUT2D eigenvalue weighted by Gasteiger charge is -2.15. The van der Waals surface area contributed by atoms with Gasteiger partial charge in [-0.1, -0.05) is 30.3 Å². The van der Waals surface area contributed by atoms with Crippen molar-refractivity contribution in [3.05, 3.63) is 35.9 Å². The number of carbonyl (C=O) groups is 3. The van der Waals surface area contributed by atoms with Crippen LogP contribution in [0, 0.1) is 0 Å². The van der Waals surface area contributed by atoms with Gasteiger partial charge in [-0.05, 0) is 12.0 Å². The average molecular weight is 264 g/mol. The predicted molar refractivity (Wildman–Crippen MR) is 68.4 cm³/mol. The number of amides is 1. The molecular formula is C13H16N2O4. The summed E-state index contributed by atoms with van der Waals surface area (Å²) in [6.45, 7) is 0. The van der Waals surface area contributed by atoms with Gasteiger partial charge in [0, 0.05) is 0 Å². The third-order valence-corrected chi connectivity index (χ3v) is 2.52. The number of carboxylic acids is 1. The van der Waals surface area contributed by atoms with Gasteiger partial charge < -0.3 is 21.0 Å². The predicted octanol–water partition coefficient (Wildman–Crippen LogP) is -0.285. The third-order valence-electron chi connectivity index (χ3n) is 2.52. The molecule has 19 heavy (non-hydrogen) atoms. The van der Waals surface area contributed by atoms with Crippen LogP contribution < -0.4 is 11.1 Å². The Morgan fingerprint density at radius 3 is 2.47 bits per heavy atom. The fourth-order valence-corrected chi connectivity index (χ4v) is 1.57. The minimum absolute atomic E-state index is 0.325. The minimum Gasteiger partial charge on any atom is -0.481 e. The van der Waals surface area contributed by atoms with Crippen LogP contribution >= 0.6 is 0 Å². The first-order valence-electron chi connectivity index (χ1n) is 5.80. The molecule has 6 nitrogen and oxygen atoms in total. The van der Waals surface area contributed by atoms with Crippen molar-refractivity contribution in [1.82, 2.24) is 5.32 Å². The summed E-state index contributed by atoms with van der Waals surface area (Å²) in [5, 5.41) is 10.9. The van der Waals surface area contributed by atoms with Gasteiger partial charge in [0.1, 0.15) is 6.29 Å². The van der Waals surface area contributed by atoms with Gasteiger partial charge >= 0.3 is 5.97 Å². The van der Waals surface area contributed by atoms with Crippen LogP contribution in [0.25, 0.3) is 0 Å². The molecule has 4 N–H and O–H groups in total. The van der Waals surface area contributed by atoms with E-state index in [1.54, 1.807) is 0 Å². The molecule has 1 unspecified atom stereocenters. The fraction of sp³-hybridized carbons (Fsp3) is 0.308. The SMILES string of the molecule is N[C@@H](Cc1ccccc1)C(=O)NC(C=O)CC(=O)O. The van der Waals surface area contributed by atoms with Crippen LogP contribution in [0.3, 0.4) is 0 Å². The van der Waals surface area contributed by atoms with Gasteiger partial charge in [0.2, 0.25) is 5.91 Å². The van der Waals surface area contributed by atoms with Crippen molar-refractivity contribution in [1.29, 1.82) is 0 Å². The van der Waals surface area contributed by atoms with Crippen molar-refractivity contribution in [2.75, 3.05) is 0 Å². The van der Waals surface area contributed by atoms with Gasteiger partial charge in [-0.15, -0.1) is 0 Å². The lowest BCUT2D eigenvalue weighted by molar-refractivity contribution is -0.138. The maximum Gasteiger partial charge on any atom is 0.305 e. The topological polar surface area (TPSA) is 109 Å². The molecule has 0 aromatic heterocycles. The molecule has 0 aliphatic heterocycles. The zero-order valence-electron chi connectivity index (χ0n) is 10.3. The molecule has 0 aliphatic rings. The first-order chi connectivity index (χ1) is 9.02. The number of hydrogen-bond donors (Lipinski definition) is 3. The van der Waals surface area contributed by atoms with Gasteiger partial charge in [-0.3, -0.25) is 9.59 Å². The molecule has 102 valence electrons. The van der Waals surface area contributed by atoms with E-state index in [0.717, 1.165) is 5.56 Å². The number of nitrogens with one attached hydrogen (secondary N) is 1. The molecule has 0 aliphatic carbocycles. The monoisotopic (exact) mass is 264 g/mol. The Hall–Kier alpha value is -2.21. The van der Waals surface area contributed by atoms with Gasteiger partial charge in [0.25, 0.3) is 0 Å². The largest absolute Gasteiger partial charge is 0.481 e. The fourth-order valence-electron chi connectivity index (χ4n) is 1.57. The number of aldehydes is 1. The van der Waals surface area contributed by atoms with Crippen molar-refractivity contribution in [2.45, 2.75) is 24.9 Å². The normalized spacial score (nSPS) is 13.3. The van der Waals surface area contributed by atoms with Crippen molar-refractivity contribution in [2.24, 2.45) is 5.73 Å². The number of carboxylic acid groups (broad SMARTS) is 1. The number of nitrogens with two attached hydrogens (primary N) is 1. The number of benzene rings is 1. The van der Waals surface area contributed by atoms with E-state index in [9.17, 15) is 14.4 Å². The molecule has 1 amide bonds. The molecular weight excluding hydrogens is 248 g/mol.